The molecule has 4 rings (SSSR count). The molecule has 2 saturated heterocycles. The van der Waals surface area contributed by atoms with Gasteiger partial charge in [0, 0.05) is 0 Å². The molecule has 0 N–H and O–H groups in total. The first-order valence-electron chi connectivity index (χ1n) is 8.11. The fourth-order valence-electron chi connectivity index (χ4n) is 3.23. The van der Waals surface area contributed by atoms with E-state index in [1.165, 1.54) is 5.56 Å². The van der Waals surface area contributed by atoms with Crippen molar-refractivity contribution in [3.05, 3.63) is 66.2 Å². The summed E-state index contributed by atoms with van der Waals surface area (Å²) in [5, 5.41) is 1.92. The Hall–Kier alpha value is -1.88. The summed E-state index contributed by atoms with van der Waals surface area (Å²) in [6, 6.07) is 20.5. The molecule has 2 fully saturated rings. The second-order valence-electron chi connectivity index (χ2n) is 6.21. The van der Waals surface area contributed by atoms with E-state index in [1.807, 2.05) is 67.4 Å². The van der Waals surface area contributed by atoms with Gasteiger partial charge in [-0.15, -0.1) is 0 Å². The molecule has 1 spiro atoms. The van der Waals surface area contributed by atoms with Gasteiger partial charge in [0.05, 0.1) is 30.4 Å². The molecule has 2 aromatic carbocycles. The lowest BCUT2D eigenvalue weighted by atomic mass is 10.0. The maximum atomic E-state index is 6.19. The Morgan fingerprint density at radius 1 is 0.870 bits per heavy atom. The molecule has 4 heteroatoms. The number of hydroxylamine groups is 1. The van der Waals surface area contributed by atoms with Crippen molar-refractivity contribution in [3.63, 3.8) is 0 Å². The second kappa shape index (κ2) is 5.64. The van der Waals surface area contributed by atoms with Crippen LogP contribution in [-0.4, -0.2) is 18.2 Å². The Morgan fingerprint density at radius 3 is 2.04 bits per heavy atom. The van der Waals surface area contributed by atoms with Gasteiger partial charge in [-0.1, -0.05) is 48.5 Å². The summed E-state index contributed by atoms with van der Waals surface area (Å²) in [6.07, 6.45) is 0.671. The van der Waals surface area contributed by atoms with E-state index in [4.69, 9.17) is 14.3 Å². The zero-order chi connectivity index (χ0) is 15.9. The zero-order valence-electron chi connectivity index (χ0n) is 13.4. The Kier molecular flexibility index (Phi) is 3.60. The molecule has 0 aliphatic carbocycles. The van der Waals surface area contributed by atoms with Crippen LogP contribution in [0.25, 0.3) is 0 Å². The van der Waals surface area contributed by atoms with E-state index in [0.29, 0.717) is 6.42 Å². The minimum absolute atomic E-state index is 0.0159. The SMILES string of the molecule is CC1OC2(CC(c3ccccc3)N(c3ccccc3)O2)OC1C. The first-order chi connectivity index (χ1) is 11.2. The normalized spacial score (nSPS) is 33.5. The van der Waals surface area contributed by atoms with Crippen molar-refractivity contribution in [1.29, 1.82) is 0 Å². The third kappa shape index (κ3) is 2.63. The zero-order valence-corrected chi connectivity index (χ0v) is 13.4. The number of rotatable bonds is 2. The van der Waals surface area contributed by atoms with Crippen LogP contribution in [0.2, 0.25) is 0 Å². The summed E-state index contributed by atoms with van der Waals surface area (Å²) >= 11 is 0. The van der Waals surface area contributed by atoms with Crippen LogP contribution in [0.1, 0.15) is 31.9 Å². The predicted molar refractivity (Wildman–Crippen MR) is 87.6 cm³/mol. The highest BCUT2D eigenvalue weighted by molar-refractivity contribution is 5.47. The van der Waals surface area contributed by atoms with Gasteiger partial charge in [-0.25, -0.2) is 9.90 Å². The summed E-state index contributed by atoms with van der Waals surface area (Å²) in [5.74, 6) is -0.991. The maximum Gasteiger partial charge on any atom is 0.308 e. The monoisotopic (exact) mass is 311 g/mol. The fraction of sp³-hybridized carbons (Fsp3) is 0.368. The third-order valence-electron chi connectivity index (χ3n) is 4.55. The molecule has 2 aromatic rings. The standard InChI is InChI=1S/C19H21NO3/c1-14-15(2)22-19(21-14)13-18(16-9-5-3-6-10-16)20(23-19)17-11-7-4-8-12-17/h3-12,14-15,18H,13H2,1-2H3. The van der Waals surface area contributed by atoms with Gasteiger partial charge >= 0.3 is 5.97 Å². The van der Waals surface area contributed by atoms with E-state index in [9.17, 15) is 0 Å². The molecule has 0 amide bonds. The summed E-state index contributed by atoms with van der Waals surface area (Å²) < 4.78 is 12.1. The van der Waals surface area contributed by atoms with Crippen LogP contribution in [0.15, 0.2) is 60.7 Å². The Balaban J connectivity index is 1.70. The van der Waals surface area contributed by atoms with Gasteiger partial charge in [0.15, 0.2) is 0 Å². The van der Waals surface area contributed by atoms with Crippen LogP contribution in [-0.2, 0) is 14.3 Å². The van der Waals surface area contributed by atoms with Crippen molar-refractivity contribution in [1.82, 2.24) is 0 Å². The molecule has 2 aliphatic heterocycles. The van der Waals surface area contributed by atoms with E-state index in [1.54, 1.807) is 0 Å². The van der Waals surface area contributed by atoms with Gasteiger partial charge < -0.3 is 9.47 Å². The number of para-hydroxylation sites is 1. The van der Waals surface area contributed by atoms with E-state index in [-0.39, 0.29) is 18.2 Å². The largest absolute Gasteiger partial charge is 0.320 e. The van der Waals surface area contributed by atoms with Crippen LogP contribution in [0.5, 0.6) is 0 Å². The van der Waals surface area contributed by atoms with Crippen LogP contribution < -0.4 is 5.06 Å². The van der Waals surface area contributed by atoms with Crippen LogP contribution in [0.3, 0.4) is 0 Å². The summed E-state index contributed by atoms with van der Waals surface area (Å²) in [4.78, 5) is 6.19. The highest BCUT2D eigenvalue weighted by Crippen LogP contribution is 2.48. The quantitative estimate of drug-likeness (QED) is 0.837. The van der Waals surface area contributed by atoms with E-state index >= 15 is 0 Å². The summed E-state index contributed by atoms with van der Waals surface area (Å²) in [5.41, 5.74) is 2.19. The van der Waals surface area contributed by atoms with Crippen LogP contribution in [0, 0.1) is 0 Å². The highest BCUT2D eigenvalue weighted by Gasteiger charge is 2.55. The molecule has 4 nitrogen and oxygen atoms in total. The smallest absolute Gasteiger partial charge is 0.308 e. The Bertz CT molecular complexity index is 601. The van der Waals surface area contributed by atoms with E-state index < -0.39 is 5.97 Å². The number of benzene rings is 2. The van der Waals surface area contributed by atoms with Gasteiger partial charge in [-0.2, -0.15) is 0 Å². The molecule has 23 heavy (non-hydrogen) atoms. The number of hydrogen-bond acceptors (Lipinski definition) is 4. The topological polar surface area (TPSA) is 30.9 Å². The summed E-state index contributed by atoms with van der Waals surface area (Å²) in [7, 11) is 0. The van der Waals surface area contributed by atoms with E-state index in [0.717, 1.165) is 5.69 Å². The first-order valence-corrected chi connectivity index (χ1v) is 8.11. The average molecular weight is 311 g/mol. The van der Waals surface area contributed by atoms with Gasteiger partial charge in [0.2, 0.25) is 0 Å². The fourth-order valence-corrected chi connectivity index (χ4v) is 3.23. The lowest BCUT2D eigenvalue weighted by Crippen LogP contribution is -2.32. The molecule has 0 aromatic heterocycles. The van der Waals surface area contributed by atoms with Crippen molar-refractivity contribution in [3.8, 4) is 0 Å². The molecular formula is C19H21NO3. The Labute approximate surface area is 136 Å². The number of hydrogen-bond donors (Lipinski definition) is 0. The van der Waals surface area contributed by atoms with Gasteiger partial charge in [0.1, 0.15) is 0 Å². The maximum absolute atomic E-state index is 6.19. The van der Waals surface area contributed by atoms with Crippen molar-refractivity contribution in [2.75, 3.05) is 5.06 Å². The minimum Gasteiger partial charge on any atom is -0.320 e. The van der Waals surface area contributed by atoms with Gasteiger partial charge in [0.25, 0.3) is 0 Å². The van der Waals surface area contributed by atoms with Crippen molar-refractivity contribution < 1.29 is 14.3 Å². The molecule has 0 saturated carbocycles. The minimum atomic E-state index is -0.991. The number of anilines is 1. The molecule has 2 aliphatic rings. The van der Waals surface area contributed by atoms with Gasteiger partial charge in [-0.05, 0) is 31.5 Å². The molecule has 0 radical (unpaired) electrons. The Morgan fingerprint density at radius 2 is 1.43 bits per heavy atom. The highest BCUT2D eigenvalue weighted by atomic mass is 17.0. The average Bonchev–Trinajstić information content (AvgIpc) is 3.08. The third-order valence-corrected chi connectivity index (χ3v) is 4.55. The predicted octanol–water partition coefficient (Wildman–Crippen LogP) is 4.05. The molecule has 2 heterocycles. The van der Waals surface area contributed by atoms with Crippen molar-refractivity contribution >= 4 is 5.69 Å². The molecule has 0 bridgehead atoms. The second-order valence-corrected chi connectivity index (χ2v) is 6.21. The molecule has 3 unspecified atom stereocenters. The van der Waals surface area contributed by atoms with Crippen molar-refractivity contribution in [2.45, 2.75) is 44.5 Å². The van der Waals surface area contributed by atoms with Gasteiger partial charge in [-0.3, -0.25) is 0 Å². The molecule has 120 valence electrons. The van der Waals surface area contributed by atoms with Crippen molar-refractivity contribution in [2.24, 2.45) is 0 Å². The lowest BCUT2D eigenvalue weighted by molar-refractivity contribution is -0.321. The number of nitrogens with zero attached hydrogens (tertiary/aromatic N) is 1. The number of ether oxygens (including phenoxy) is 2. The lowest BCUT2D eigenvalue weighted by Gasteiger charge is -2.25. The van der Waals surface area contributed by atoms with Crippen LogP contribution in [0.4, 0.5) is 5.69 Å². The molecular weight excluding hydrogens is 290 g/mol. The van der Waals surface area contributed by atoms with E-state index in [2.05, 4.69) is 12.1 Å². The first kappa shape index (κ1) is 14.7. The van der Waals surface area contributed by atoms with Crippen LogP contribution >= 0.6 is 0 Å². The molecule has 3 atom stereocenters. The summed E-state index contributed by atoms with van der Waals surface area (Å²) in [6.45, 7) is 4.04.